The number of aliphatic hydroxyl groups is 1. The Hall–Kier alpha value is -1.89. The quantitative estimate of drug-likeness (QED) is 0.845. The maximum atomic E-state index is 13.7. The number of hydrogen-bond acceptors (Lipinski definition) is 5. The Bertz CT molecular complexity index is 578. The number of piperidine rings is 1. The molecule has 2 heterocycles. The molecule has 0 atom stereocenters. The molecule has 0 aliphatic carbocycles. The summed E-state index contributed by atoms with van der Waals surface area (Å²) in [5.74, 6) is -0.725. The van der Waals surface area contributed by atoms with E-state index in [4.69, 9.17) is 9.47 Å². The molecule has 7 heteroatoms. The Kier molecular flexibility index (Phi) is 4.79. The number of likely N-dealkylation sites (tertiary alicyclic amines) is 1. The highest BCUT2D eigenvalue weighted by atomic mass is 19.1. The summed E-state index contributed by atoms with van der Waals surface area (Å²) >= 11 is 0. The lowest BCUT2D eigenvalue weighted by Gasteiger charge is -2.38. The molecule has 128 valence electrons. The van der Waals surface area contributed by atoms with Gasteiger partial charge in [-0.15, -0.1) is 0 Å². The molecule has 2 rings (SSSR count). The number of amides is 1. The van der Waals surface area contributed by atoms with Crippen molar-refractivity contribution in [3.8, 4) is 5.75 Å². The summed E-state index contributed by atoms with van der Waals surface area (Å²) in [5, 5.41) is 10.7. The molecule has 1 N–H and O–H groups in total. The average molecular weight is 326 g/mol. The molecular formula is C16H23FN2O4. The maximum absolute atomic E-state index is 13.7. The van der Waals surface area contributed by atoms with Crippen LogP contribution in [0.2, 0.25) is 0 Å². The van der Waals surface area contributed by atoms with E-state index < -0.39 is 23.2 Å². The van der Waals surface area contributed by atoms with E-state index in [1.165, 1.54) is 13.2 Å². The van der Waals surface area contributed by atoms with Gasteiger partial charge in [0.1, 0.15) is 11.2 Å². The van der Waals surface area contributed by atoms with Crippen LogP contribution < -0.4 is 4.74 Å². The third-order valence-electron chi connectivity index (χ3n) is 3.75. The van der Waals surface area contributed by atoms with E-state index in [0.29, 0.717) is 13.1 Å². The predicted molar refractivity (Wildman–Crippen MR) is 81.7 cm³/mol. The minimum atomic E-state index is -1.26. The van der Waals surface area contributed by atoms with E-state index >= 15 is 0 Å². The zero-order valence-electron chi connectivity index (χ0n) is 13.9. The van der Waals surface area contributed by atoms with Gasteiger partial charge < -0.3 is 19.5 Å². The number of ether oxygens (including phenoxy) is 2. The van der Waals surface area contributed by atoms with Gasteiger partial charge >= 0.3 is 6.09 Å². The third kappa shape index (κ3) is 4.10. The smallest absolute Gasteiger partial charge is 0.410 e. The highest BCUT2D eigenvalue weighted by molar-refractivity contribution is 5.68. The summed E-state index contributed by atoms with van der Waals surface area (Å²) in [6.07, 6.45) is 0.129. The molecule has 1 saturated heterocycles. The molecule has 1 aromatic heterocycles. The lowest BCUT2D eigenvalue weighted by molar-refractivity contribution is -0.0386. The molecule has 23 heavy (non-hydrogen) atoms. The van der Waals surface area contributed by atoms with Crippen molar-refractivity contribution in [3.05, 3.63) is 23.8 Å². The summed E-state index contributed by atoms with van der Waals surface area (Å²) in [4.78, 5) is 17.4. The molecule has 1 fully saturated rings. The lowest BCUT2D eigenvalue weighted by Crippen LogP contribution is -2.47. The van der Waals surface area contributed by atoms with E-state index in [0.717, 1.165) is 0 Å². The Morgan fingerprint density at radius 1 is 1.35 bits per heavy atom. The van der Waals surface area contributed by atoms with Gasteiger partial charge in [0.15, 0.2) is 5.75 Å². The van der Waals surface area contributed by atoms with Crippen molar-refractivity contribution < 1.29 is 23.8 Å². The van der Waals surface area contributed by atoms with E-state index in [9.17, 15) is 14.3 Å². The highest BCUT2D eigenvalue weighted by Crippen LogP contribution is 2.33. The van der Waals surface area contributed by atoms with Crippen molar-refractivity contribution in [2.75, 3.05) is 20.2 Å². The molecule has 0 unspecified atom stereocenters. The molecule has 0 spiro atoms. The van der Waals surface area contributed by atoms with Gasteiger partial charge in [-0.25, -0.2) is 9.78 Å². The van der Waals surface area contributed by atoms with Crippen LogP contribution in [0.15, 0.2) is 12.1 Å². The Morgan fingerprint density at radius 2 is 1.96 bits per heavy atom. The highest BCUT2D eigenvalue weighted by Gasteiger charge is 2.38. The van der Waals surface area contributed by atoms with E-state index in [1.807, 2.05) is 0 Å². The third-order valence-corrected chi connectivity index (χ3v) is 3.75. The second-order valence-electron chi connectivity index (χ2n) is 6.69. The first kappa shape index (κ1) is 17.5. The Labute approximate surface area is 135 Å². The maximum Gasteiger partial charge on any atom is 0.410 e. The SMILES string of the molecule is COc1ccc(C2(O)CCN(C(=O)OC(C)(C)C)CC2)nc1F. The number of aromatic nitrogens is 1. The lowest BCUT2D eigenvalue weighted by atomic mass is 9.88. The van der Waals surface area contributed by atoms with Gasteiger partial charge in [-0.3, -0.25) is 0 Å². The van der Waals surface area contributed by atoms with Crippen molar-refractivity contribution >= 4 is 6.09 Å². The van der Waals surface area contributed by atoms with Crippen molar-refractivity contribution in [1.82, 2.24) is 9.88 Å². The number of halogens is 1. The van der Waals surface area contributed by atoms with Gasteiger partial charge in [0.05, 0.1) is 12.8 Å². The van der Waals surface area contributed by atoms with Gasteiger partial charge in [-0.1, -0.05) is 0 Å². The minimum absolute atomic E-state index is 0.0311. The number of methoxy groups -OCH3 is 1. The minimum Gasteiger partial charge on any atom is -0.492 e. The summed E-state index contributed by atoms with van der Waals surface area (Å²) in [6.45, 7) is 6.04. The summed E-state index contributed by atoms with van der Waals surface area (Å²) in [7, 11) is 1.35. The number of nitrogens with zero attached hydrogens (tertiary/aromatic N) is 2. The fourth-order valence-corrected chi connectivity index (χ4v) is 2.47. The van der Waals surface area contributed by atoms with Gasteiger partial charge in [-0.2, -0.15) is 4.39 Å². The number of carbonyl (C=O) groups is 1. The molecular weight excluding hydrogens is 303 g/mol. The first-order valence-electron chi connectivity index (χ1n) is 7.56. The second-order valence-corrected chi connectivity index (χ2v) is 6.69. The van der Waals surface area contributed by atoms with Crippen molar-refractivity contribution in [1.29, 1.82) is 0 Å². The van der Waals surface area contributed by atoms with Crippen LogP contribution in [0.3, 0.4) is 0 Å². The fourth-order valence-electron chi connectivity index (χ4n) is 2.47. The van der Waals surface area contributed by atoms with Crippen LogP contribution in [-0.2, 0) is 10.3 Å². The molecule has 0 saturated carbocycles. The summed E-state index contributed by atoms with van der Waals surface area (Å²) < 4.78 is 23.9. The van der Waals surface area contributed by atoms with Crippen LogP contribution >= 0.6 is 0 Å². The fraction of sp³-hybridized carbons (Fsp3) is 0.625. The molecule has 0 bridgehead atoms. The topological polar surface area (TPSA) is 71.9 Å². The average Bonchev–Trinajstić information content (AvgIpc) is 2.46. The van der Waals surface area contributed by atoms with Crippen LogP contribution in [-0.4, -0.2) is 46.9 Å². The van der Waals surface area contributed by atoms with Crippen molar-refractivity contribution in [3.63, 3.8) is 0 Å². The van der Waals surface area contributed by atoms with E-state index in [-0.39, 0.29) is 24.3 Å². The normalized spacial score (nSPS) is 17.7. The van der Waals surface area contributed by atoms with E-state index in [1.54, 1.807) is 31.7 Å². The second kappa shape index (κ2) is 6.31. The Morgan fingerprint density at radius 3 is 2.43 bits per heavy atom. The standard InChI is InChI=1S/C16H23FN2O4/c1-15(2,3)23-14(20)19-9-7-16(21,8-10-19)12-6-5-11(22-4)13(17)18-12/h5-6,21H,7-10H2,1-4H3. The summed E-state index contributed by atoms with van der Waals surface area (Å²) in [6, 6.07) is 2.99. The van der Waals surface area contributed by atoms with Crippen LogP contribution in [0.4, 0.5) is 9.18 Å². The monoisotopic (exact) mass is 326 g/mol. The first-order valence-corrected chi connectivity index (χ1v) is 7.56. The largest absolute Gasteiger partial charge is 0.492 e. The van der Waals surface area contributed by atoms with Gasteiger partial charge in [0, 0.05) is 13.1 Å². The molecule has 6 nitrogen and oxygen atoms in total. The van der Waals surface area contributed by atoms with Gasteiger partial charge in [0.25, 0.3) is 5.95 Å². The zero-order valence-corrected chi connectivity index (χ0v) is 13.9. The van der Waals surface area contributed by atoms with Crippen LogP contribution in [0, 0.1) is 5.95 Å². The molecule has 0 radical (unpaired) electrons. The van der Waals surface area contributed by atoms with E-state index in [2.05, 4.69) is 4.98 Å². The molecule has 0 aromatic carbocycles. The molecule has 1 aliphatic heterocycles. The predicted octanol–water partition coefficient (Wildman–Crippen LogP) is 2.45. The molecule has 1 aliphatic rings. The zero-order chi connectivity index (χ0) is 17.3. The number of pyridine rings is 1. The first-order chi connectivity index (χ1) is 10.6. The van der Waals surface area contributed by atoms with Gasteiger partial charge in [0.2, 0.25) is 0 Å². The van der Waals surface area contributed by atoms with Gasteiger partial charge in [-0.05, 0) is 45.7 Å². The number of hydrogen-bond donors (Lipinski definition) is 1. The molecule has 1 aromatic rings. The van der Waals surface area contributed by atoms with Crippen LogP contribution in [0.1, 0.15) is 39.3 Å². The van der Waals surface area contributed by atoms with Crippen molar-refractivity contribution in [2.45, 2.75) is 44.8 Å². The number of carbonyl (C=O) groups excluding carboxylic acids is 1. The number of rotatable bonds is 2. The molecule has 1 amide bonds. The summed E-state index contributed by atoms with van der Waals surface area (Å²) in [5.41, 5.74) is -1.57. The van der Waals surface area contributed by atoms with Crippen LogP contribution in [0.5, 0.6) is 5.75 Å². The van der Waals surface area contributed by atoms with Crippen LogP contribution in [0.25, 0.3) is 0 Å². The van der Waals surface area contributed by atoms with Crippen molar-refractivity contribution in [2.24, 2.45) is 0 Å². The Balaban J connectivity index is 2.05.